The number of carbonyl (C=O) groups excluding carboxylic acids is 1. The van der Waals surface area contributed by atoms with E-state index in [0.717, 1.165) is 19.3 Å². The van der Waals surface area contributed by atoms with E-state index < -0.39 is 5.60 Å². The second-order valence-corrected chi connectivity index (χ2v) is 8.79. The van der Waals surface area contributed by atoms with Crippen LogP contribution >= 0.6 is 0 Å². The standard InChI is InChI=1S/C19H40N2O3/c1-14(2)21-16(15(3)23-18(4,5)6)12-10-11-13-20-17(22)24-19(7,8)9/h14-16,21H,10-13H2,1-9H3,(H,20,22). The van der Waals surface area contributed by atoms with Crippen molar-refractivity contribution in [2.45, 2.75) is 111 Å². The Hall–Kier alpha value is -0.810. The molecule has 0 aromatic carbocycles. The van der Waals surface area contributed by atoms with Crippen molar-refractivity contribution in [3.05, 3.63) is 0 Å². The van der Waals surface area contributed by atoms with E-state index in [4.69, 9.17) is 9.47 Å². The van der Waals surface area contributed by atoms with Gasteiger partial charge in [-0.05, 0) is 61.3 Å². The summed E-state index contributed by atoms with van der Waals surface area (Å²) >= 11 is 0. The average molecular weight is 345 g/mol. The van der Waals surface area contributed by atoms with Crippen LogP contribution in [0.3, 0.4) is 0 Å². The summed E-state index contributed by atoms with van der Waals surface area (Å²) in [6.45, 7) is 18.9. The number of carbonyl (C=O) groups is 1. The van der Waals surface area contributed by atoms with Crippen LogP contribution in [0.2, 0.25) is 0 Å². The highest BCUT2D eigenvalue weighted by Crippen LogP contribution is 2.16. The van der Waals surface area contributed by atoms with Gasteiger partial charge in [0.15, 0.2) is 0 Å². The Labute approximate surface area is 149 Å². The molecule has 0 aromatic heterocycles. The maximum Gasteiger partial charge on any atom is 0.407 e. The first-order valence-electron chi connectivity index (χ1n) is 9.21. The molecule has 0 spiro atoms. The van der Waals surface area contributed by atoms with E-state index in [0.29, 0.717) is 18.6 Å². The second kappa shape index (κ2) is 10.2. The van der Waals surface area contributed by atoms with E-state index in [-0.39, 0.29) is 17.8 Å². The third-order valence-corrected chi connectivity index (χ3v) is 3.26. The summed E-state index contributed by atoms with van der Waals surface area (Å²) in [6.07, 6.45) is 2.77. The van der Waals surface area contributed by atoms with Crippen LogP contribution in [0.1, 0.15) is 81.6 Å². The van der Waals surface area contributed by atoms with E-state index in [1.54, 1.807) is 0 Å². The summed E-state index contributed by atoms with van der Waals surface area (Å²) in [7, 11) is 0. The van der Waals surface area contributed by atoms with Gasteiger partial charge in [-0.15, -0.1) is 0 Å². The molecule has 144 valence electrons. The van der Waals surface area contributed by atoms with Crippen molar-refractivity contribution in [2.24, 2.45) is 0 Å². The fourth-order valence-corrected chi connectivity index (χ4v) is 2.52. The Balaban J connectivity index is 4.17. The lowest BCUT2D eigenvalue weighted by Gasteiger charge is -2.32. The minimum atomic E-state index is -0.448. The molecule has 0 radical (unpaired) electrons. The van der Waals surface area contributed by atoms with E-state index in [1.807, 2.05) is 20.8 Å². The third kappa shape index (κ3) is 13.6. The van der Waals surface area contributed by atoms with Crippen LogP contribution in [0, 0.1) is 0 Å². The average Bonchev–Trinajstić information content (AvgIpc) is 2.32. The second-order valence-electron chi connectivity index (χ2n) is 8.79. The molecule has 0 aliphatic carbocycles. The normalized spacial score (nSPS) is 15.2. The Morgan fingerprint density at radius 2 is 1.54 bits per heavy atom. The van der Waals surface area contributed by atoms with Crippen LogP contribution in [0.5, 0.6) is 0 Å². The summed E-state index contributed by atoms with van der Waals surface area (Å²) in [4.78, 5) is 11.6. The zero-order valence-corrected chi connectivity index (χ0v) is 17.3. The zero-order chi connectivity index (χ0) is 19.0. The third-order valence-electron chi connectivity index (χ3n) is 3.26. The molecule has 24 heavy (non-hydrogen) atoms. The highest BCUT2D eigenvalue weighted by Gasteiger charge is 2.23. The Morgan fingerprint density at radius 3 is 2.00 bits per heavy atom. The predicted molar refractivity (Wildman–Crippen MR) is 100 cm³/mol. The van der Waals surface area contributed by atoms with Crippen molar-refractivity contribution in [3.63, 3.8) is 0 Å². The Kier molecular flexibility index (Phi) is 9.90. The fourth-order valence-electron chi connectivity index (χ4n) is 2.52. The number of rotatable bonds is 9. The number of alkyl carbamates (subject to hydrolysis) is 1. The largest absolute Gasteiger partial charge is 0.444 e. The number of unbranched alkanes of at least 4 members (excludes halogenated alkanes) is 1. The number of hydrogen-bond donors (Lipinski definition) is 2. The van der Waals surface area contributed by atoms with Crippen LogP contribution < -0.4 is 10.6 Å². The first-order valence-corrected chi connectivity index (χ1v) is 9.21. The molecule has 2 N–H and O–H groups in total. The summed E-state index contributed by atoms with van der Waals surface area (Å²) in [5.41, 5.74) is -0.593. The van der Waals surface area contributed by atoms with Crippen molar-refractivity contribution in [3.8, 4) is 0 Å². The van der Waals surface area contributed by atoms with Gasteiger partial charge in [0.1, 0.15) is 5.60 Å². The molecular weight excluding hydrogens is 304 g/mol. The molecule has 0 saturated heterocycles. The molecule has 0 rings (SSSR count). The highest BCUT2D eigenvalue weighted by atomic mass is 16.6. The lowest BCUT2D eigenvalue weighted by Crippen LogP contribution is -2.45. The highest BCUT2D eigenvalue weighted by molar-refractivity contribution is 5.67. The molecule has 2 unspecified atom stereocenters. The van der Waals surface area contributed by atoms with Gasteiger partial charge < -0.3 is 20.1 Å². The minimum Gasteiger partial charge on any atom is -0.444 e. The molecule has 0 aromatic rings. The number of nitrogens with one attached hydrogen (secondary N) is 2. The molecule has 1 amide bonds. The Morgan fingerprint density at radius 1 is 0.958 bits per heavy atom. The van der Waals surface area contributed by atoms with Gasteiger partial charge in [-0.1, -0.05) is 20.3 Å². The van der Waals surface area contributed by atoms with Crippen LogP contribution in [0.15, 0.2) is 0 Å². The zero-order valence-electron chi connectivity index (χ0n) is 17.3. The van der Waals surface area contributed by atoms with E-state index in [1.165, 1.54) is 0 Å². The molecule has 0 aliphatic rings. The predicted octanol–water partition coefficient (Wildman–Crippen LogP) is 4.25. The van der Waals surface area contributed by atoms with Crippen LogP contribution in [-0.2, 0) is 9.47 Å². The molecule has 2 atom stereocenters. The van der Waals surface area contributed by atoms with Gasteiger partial charge in [-0.2, -0.15) is 0 Å². The van der Waals surface area contributed by atoms with Crippen molar-refractivity contribution < 1.29 is 14.3 Å². The van der Waals surface area contributed by atoms with Gasteiger partial charge in [-0.25, -0.2) is 4.79 Å². The van der Waals surface area contributed by atoms with Crippen molar-refractivity contribution in [1.82, 2.24) is 10.6 Å². The van der Waals surface area contributed by atoms with E-state index in [9.17, 15) is 4.79 Å². The summed E-state index contributed by atoms with van der Waals surface area (Å²) in [5, 5.41) is 6.40. The fraction of sp³-hybridized carbons (Fsp3) is 0.947. The molecule has 0 fully saturated rings. The number of amides is 1. The molecule has 0 bridgehead atoms. The first-order chi connectivity index (χ1) is 10.8. The molecule has 0 aliphatic heterocycles. The van der Waals surface area contributed by atoms with Gasteiger partial charge >= 0.3 is 6.09 Å². The van der Waals surface area contributed by atoms with Gasteiger partial charge in [0.2, 0.25) is 0 Å². The minimum absolute atomic E-state index is 0.144. The summed E-state index contributed by atoms with van der Waals surface area (Å²) < 4.78 is 11.3. The van der Waals surface area contributed by atoms with Crippen LogP contribution in [0.25, 0.3) is 0 Å². The lowest BCUT2D eigenvalue weighted by atomic mass is 10.0. The maximum absolute atomic E-state index is 11.6. The number of hydrogen-bond acceptors (Lipinski definition) is 4. The first kappa shape index (κ1) is 23.2. The molecule has 0 saturated carbocycles. The molecule has 0 heterocycles. The number of ether oxygens (including phenoxy) is 2. The van der Waals surface area contributed by atoms with Crippen molar-refractivity contribution in [1.29, 1.82) is 0 Å². The van der Waals surface area contributed by atoms with Crippen LogP contribution in [0.4, 0.5) is 4.79 Å². The van der Waals surface area contributed by atoms with E-state index >= 15 is 0 Å². The van der Waals surface area contributed by atoms with Crippen molar-refractivity contribution >= 4 is 6.09 Å². The van der Waals surface area contributed by atoms with E-state index in [2.05, 4.69) is 52.2 Å². The van der Waals surface area contributed by atoms with Crippen LogP contribution in [-0.4, -0.2) is 42.0 Å². The molecule has 5 nitrogen and oxygen atoms in total. The smallest absolute Gasteiger partial charge is 0.407 e. The van der Waals surface area contributed by atoms with Gasteiger partial charge in [0.05, 0.1) is 11.7 Å². The quantitative estimate of drug-likeness (QED) is 0.614. The van der Waals surface area contributed by atoms with Gasteiger partial charge in [0, 0.05) is 18.6 Å². The monoisotopic (exact) mass is 344 g/mol. The van der Waals surface area contributed by atoms with Gasteiger partial charge in [-0.3, -0.25) is 0 Å². The van der Waals surface area contributed by atoms with Crippen molar-refractivity contribution in [2.75, 3.05) is 6.54 Å². The topological polar surface area (TPSA) is 59.6 Å². The summed E-state index contributed by atoms with van der Waals surface area (Å²) in [6, 6.07) is 0.728. The SMILES string of the molecule is CC(C)NC(CCCCNC(=O)OC(C)(C)C)C(C)OC(C)(C)C. The maximum atomic E-state index is 11.6. The van der Waals surface area contributed by atoms with Gasteiger partial charge in [0.25, 0.3) is 0 Å². The lowest BCUT2D eigenvalue weighted by molar-refractivity contribution is -0.0685. The Bertz CT molecular complexity index is 357. The molecule has 5 heteroatoms. The summed E-state index contributed by atoms with van der Waals surface area (Å²) in [5.74, 6) is 0. The molecular formula is C19H40N2O3.